The molecule has 0 fully saturated rings. The summed E-state index contributed by atoms with van der Waals surface area (Å²) in [6.45, 7) is 8.37. The molecule has 1 amide bonds. The summed E-state index contributed by atoms with van der Waals surface area (Å²) in [7, 11) is 0. The molecule has 2 heterocycles. The second-order valence-electron chi connectivity index (χ2n) is 5.69. The molecule has 2 aromatic rings. The average molecular weight is 309 g/mol. The van der Waals surface area contributed by atoms with Crippen LogP contribution in [0.5, 0.6) is 0 Å². The number of hydrogen-bond acceptors (Lipinski definition) is 5. The van der Waals surface area contributed by atoms with Crippen molar-refractivity contribution < 1.29 is 4.79 Å². The zero-order valence-electron chi connectivity index (χ0n) is 12.1. The standard InChI is InChI=1S/C14H19N3OS2/c1-5-9-11(20-17-16-9)13(18)15-12(14(2,3)4)10-7-6-8-19-10/h6-8,12H,5H2,1-4H3,(H,15,18). The molecule has 4 nitrogen and oxygen atoms in total. The van der Waals surface area contributed by atoms with E-state index in [9.17, 15) is 4.79 Å². The topological polar surface area (TPSA) is 54.9 Å². The number of aromatic nitrogens is 2. The molecule has 2 rings (SSSR count). The van der Waals surface area contributed by atoms with Crippen LogP contribution in [0.1, 0.15) is 54.0 Å². The van der Waals surface area contributed by atoms with Crippen LogP contribution in [0.25, 0.3) is 0 Å². The van der Waals surface area contributed by atoms with Gasteiger partial charge in [-0.1, -0.05) is 38.2 Å². The number of thiophene rings is 1. The lowest BCUT2D eigenvalue weighted by Crippen LogP contribution is -2.36. The van der Waals surface area contributed by atoms with Crippen molar-refractivity contribution in [3.05, 3.63) is 33.0 Å². The molecular formula is C14H19N3OS2. The Labute approximate surface area is 127 Å². The normalized spacial score (nSPS) is 13.2. The van der Waals surface area contributed by atoms with Crippen LogP contribution in [-0.2, 0) is 6.42 Å². The van der Waals surface area contributed by atoms with Crippen LogP contribution in [0.2, 0.25) is 0 Å². The van der Waals surface area contributed by atoms with E-state index in [1.807, 2.05) is 18.4 Å². The summed E-state index contributed by atoms with van der Waals surface area (Å²) in [4.78, 5) is 14.3. The molecule has 0 spiro atoms. The zero-order valence-corrected chi connectivity index (χ0v) is 13.8. The first kappa shape index (κ1) is 15.1. The molecule has 0 aliphatic rings. The Morgan fingerprint density at radius 2 is 2.20 bits per heavy atom. The average Bonchev–Trinajstić information content (AvgIpc) is 3.04. The summed E-state index contributed by atoms with van der Waals surface area (Å²) in [6, 6.07) is 4.06. The molecule has 20 heavy (non-hydrogen) atoms. The molecule has 2 aromatic heterocycles. The minimum atomic E-state index is -0.0785. The van der Waals surface area contributed by atoms with Gasteiger partial charge in [-0.25, -0.2) is 0 Å². The van der Waals surface area contributed by atoms with E-state index in [-0.39, 0.29) is 17.4 Å². The number of nitrogens with zero attached hydrogens (tertiary/aromatic N) is 2. The lowest BCUT2D eigenvalue weighted by Gasteiger charge is -2.30. The predicted molar refractivity (Wildman–Crippen MR) is 83.3 cm³/mol. The number of amides is 1. The van der Waals surface area contributed by atoms with Gasteiger partial charge in [0.2, 0.25) is 0 Å². The highest BCUT2D eigenvalue weighted by atomic mass is 32.1. The van der Waals surface area contributed by atoms with Crippen molar-refractivity contribution >= 4 is 28.8 Å². The third-order valence-electron chi connectivity index (χ3n) is 3.07. The van der Waals surface area contributed by atoms with E-state index >= 15 is 0 Å². The minimum absolute atomic E-state index is 0.0122. The molecule has 0 saturated heterocycles. The number of carbonyl (C=O) groups excluding carboxylic acids is 1. The van der Waals surface area contributed by atoms with Gasteiger partial charge in [0.1, 0.15) is 4.88 Å². The molecular weight excluding hydrogens is 290 g/mol. The minimum Gasteiger partial charge on any atom is -0.343 e. The van der Waals surface area contributed by atoms with Gasteiger partial charge in [-0.3, -0.25) is 4.79 Å². The number of nitrogens with one attached hydrogen (secondary N) is 1. The summed E-state index contributed by atoms with van der Waals surface area (Å²) in [6.07, 6.45) is 0.721. The molecule has 0 aliphatic carbocycles. The Morgan fingerprint density at radius 1 is 1.45 bits per heavy atom. The van der Waals surface area contributed by atoms with Gasteiger partial charge in [0.05, 0.1) is 11.7 Å². The first-order chi connectivity index (χ1) is 9.43. The number of aryl methyl sites for hydroxylation is 1. The fourth-order valence-corrected chi connectivity index (χ4v) is 3.65. The van der Waals surface area contributed by atoms with Crippen LogP contribution in [0.3, 0.4) is 0 Å². The lowest BCUT2D eigenvalue weighted by atomic mass is 9.85. The van der Waals surface area contributed by atoms with Gasteiger partial charge in [0.15, 0.2) is 0 Å². The molecule has 0 saturated carbocycles. The van der Waals surface area contributed by atoms with E-state index in [1.165, 1.54) is 4.88 Å². The molecule has 1 unspecified atom stereocenters. The molecule has 0 radical (unpaired) electrons. The van der Waals surface area contributed by atoms with Crippen LogP contribution in [0, 0.1) is 5.41 Å². The highest BCUT2D eigenvalue weighted by molar-refractivity contribution is 7.10. The van der Waals surface area contributed by atoms with Gasteiger partial charge in [-0.2, -0.15) is 0 Å². The first-order valence-corrected chi connectivity index (χ1v) is 8.24. The first-order valence-electron chi connectivity index (χ1n) is 6.59. The fourth-order valence-electron chi connectivity index (χ4n) is 1.98. The number of carbonyl (C=O) groups is 1. The molecule has 1 N–H and O–H groups in total. The van der Waals surface area contributed by atoms with Crippen molar-refractivity contribution in [2.45, 2.75) is 40.2 Å². The monoisotopic (exact) mass is 309 g/mol. The van der Waals surface area contributed by atoms with Crippen molar-refractivity contribution in [3.8, 4) is 0 Å². The Hall–Kier alpha value is -1.27. The molecule has 0 aliphatic heterocycles. The summed E-state index contributed by atoms with van der Waals surface area (Å²) in [5.74, 6) is -0.0785. The van der Waals surface area contributed by atoms with Gasteiger partial charge in [0, 0.05) is 4.88 Å². The fraction of sp³-hybridized carbons (Fsp3) is 0.500. The summed E-state index contributed by atoms with van der Waals surface area (Å²) < 4.78 is 3.88. The maximum absolute atomic E-state index is 12.5. The highest BCUT2D eigenvalue weighted by Crippen LogP contribution is 2.35. The number of rotatable bonds is 4. The lowest BCUT2D eigenvalue weighted by molar-refractivity contribution is 0.0906. The van der Waals surface area contributed by atoms with Crippen molar-refractivity contribution in [3.63, 3.8) is 0 Å². The van der Waals surface area contributed by atoms with Crippen LogP contribution < -0.4 is 5.32 Å². The summed E-state index contributed by atoms with van der Waals surface area (Å²) >= 11 is 2.83. The van der Waals surface area contributed by atoms with E-state index < -0.39 is 0 Å². The van der Waals surface area contributed by atoms with Crippen molar-refractivity contribution in [1.29, 1.82) is 0 Å². The highest BCUT2D eigenvalue weighted by Gasteiger charge is 2.30. The maximum Gasteiger partial charge on any atom is 0.265 e. The van der Waals surface area contributed by atoms with Gasteiger partial charge < -0.3 is 5.32 Å². The molecule has 1 atom stereocenters. The van der Waals surface area contributed by atoms with E-state index in [0.717, 1.165) is 23.6 Å². The van der Waals surface area contributed by atoms with Gasteiger partial charge in [-0.15, -0.1) is 16.4 Å². The van der Waals surface area contributed by atoms with Crippen molar-refractivity contribution in [2.24, 2.45) is 5.41 Å². The molecule has 6 heteroatoms. The predicted octanol–water partition coefficient (Wildman–Crippen LogP) is 3.68. The van der Waals surface area contributed by atoms with Gasteiger partial charge >= 0.3 is 0 Å². The van der Waals surface area contributed by atoms with Crippen LogP contribution in [0.15, 0.2) is 17.5 Å². The summed E-state index contributed by atoms with van der Waals surface area (Å²) in [5.41, 5.74) is 0.719. The molecule has 0 aromatic carbocycles. The quantitative estimate of drug-likeness (QED) is 0.937. The van der Waals surface area contributed by atoms with Crippen LogP contribution in [0.4, 0.5) is 0 Å². The van der Waals surface area contributed by atoms with Gasteiger partial charge in [-0.05, 0) is 34.8 Å². The largest absolute Gasteiger partial charge is 0.343 e. The Morgan fingerprint density at radius 3 is 2.75 bits per heavy atom. The smallest absolute Gasteiger partial charge is 0.265 e. The van der Waals surface area contributed by atoms with Gasteiger partial charge in [0.25, 0.3) is 5.91 Å². The van der Waals surface area contributed by atoms with E-state index in [4.69, 9.17) is 0 Å². The maximum atomic E-state index is 12.5. The zero-order chi connectivity index (χ0) is 14.8. The molecule has 108 valence electrons. The Balaban J connectivity index is 2.23. The van der Waals surface area contributed by atoms with E-state index in [0.29, 0.717) is 4.88 Å². The van der Waals surface area contributed by atoms with Crippen molar-refractivity contribution in [1.82, 2.24) is 14.9 Å². The Kier molecular flexibility index (Phi) is 4.55. The molecule has 0 bridgehead atoms. The van der Waals surface area contributed by atoms with E-state index in [2.05, 4.69) is 41.7 Å². The Bertz CT molecular complexity index is 570. The van der Waals surface area contributed by atoms with Crippen molar-refractivity contribution in [2.75, 3.05) is 0 Å². The van der Waals surface area contributed by atoms with Crippen LogP contribution in [-0.4, -0.2) is 15.5 Å². The number of hydrogen-bond donors (Lipinski definition) is 1. The summed E-state index contributed by atoms with van der Waals surface area (Å²) in [5, 5.41) is 9.17. The van der Waals surface area contributed by atoms with E-state index in [1.54, 1.807) is 11.3 Å². The third kappa shape index (κ3) is 3.24. The van der Waals surface area contributed by atoms with Crippen LogP contribution >= 0.6 is 22.9 Å². The second kappa shape index (κ2) is 6.01. The SMILES string of the molecule is CCc1nnsc1C(=O)NC(c1cccs1)C(C)(C)C. The second-order valence-corrected chi connectivity index (χ2v) is 7.42. The third-order valence-corrected chi connectivity index (χ3v) is 4.77.